The third kappa shape index (κ3) is 4.75. The predicted octanol–water partition coefficient (Wildman–Crippen LogP) is 3.02. The smallest absolute Gasteiger partial charge is 0.261 e. The summed E-state index contributed by atoms with van der Waals surface area (Å²) in [5.74, 6) is 1.32. The van der Waals surface area contributed by atoms with E-state index in [0.717, 1.165) is 17.8 Å². The number of hydrogen-bond donors (Lipinski definition) is 1. The van der Waals surface area contributed by atoms with E-state index in [2.05, 4.69) is 15.3 Å². The van der Waals surface area contributed by atoms with E-state index in [9.17, 15) is 4.79 Å². The summed E-state index contributed by atoms with van der Waals surface area (Å²) in [7, 11) is 1.93. The molecule has 7 nitrogen and oxygen atoms in total. The Morgan fingerprint density at radius 2 is 2.10 bits per heavy atom. The van der Waals surface area contributed by atoms with Crippen LogP contribution < -0.4 is 10.1 Å². The van der Waals surface area contributed by atoms with E-state index in [1.807, 2.05) is 34.8 Å². The normalized spacial score (nSPS) is 16.1. The van der Waals surface area contributed by atoms with Crippen LogP contribution in [0, 0.1) is 0 Å². The number of nitrogens with one attached hydrogen (secondary N) is 1. The molecule has 0 spiro atoms. The van der Waals surface area contributed by atoms with Crippen molar-refractivity contribution in [2.45, 2.75) is 6.04 Å². The molecule has 1 amide bonds. The Kier molecular flexibility index (Phi) is 8.10. The zero-order valence-corrected chi connectivity index (χ0v) is 18.1. The Morgan fingerprint density at radius 3 is 2.86 bits per heavy atom. The van der Waals surface area contributed by atoms with Crippen molar-refractivity contribution < 1.29 is 9.53 Å². The van der Waals surface area contributed by atoms with Crippen LogP contribution in [0.1, 0.15) is 11.9 Å². The summed E-state index contributed by atoms with van der Waals surface area (Å²) in [6, 6.07) is 7.09. The molecule has 0 aliphatic carbocycles. The van der Waals surface area contributed by atoms with Gasteiger partial charge in [-0.2, -0.15) is 0 Å². The number of benzene rings is 1. The van der Waals surface area contributed by atoms with E-state index in [1.165, 1.54) is 0 Å². The number of carbonyl (C=O) groups excluding carboxylic acids is 1. The first-order chi connectivity index (χ1) is 13.1. The molecule has 1 saturated heterocycles. The Labute approximate surface area is 186 Å². The van der Waals surface area contributed by atoms with Gasteiger partial charge < -0.3 is 19.5 Å². The van der Waals surface area contributed by atoms with Gasteiger partial charge >= 0.3 is 0 Å². The van der Waals surface area contributed by atoms with Crippen molar-refractivity contribution in [1.29, 1.82) is 0 Å². The fourth-order valence-corrected chi connectivity index (χ4v) is 3.60. The second-order valence-corrected chi connectivity index (χ2v) is 6.84. The SMILES string of the molecule is Cl.Cl.Cn1ccnc1C1CNCCN1C(=O)COc1ccc(Cl)c2cccnc12. The number of rotatable bonds is 4. The van der Waals surface area contributed by atoms with Gasteiger partial charge in [0.15, 0.2) is 6.61 Å². The lowest BCUT2D eigenvalue weighted by molar-refractivity contribution is -0.137. The molecule has 4 rings (SSSR count). The van der Waals surface area contributed by atoms with Gasteiger partial charge in [-0.1, -0.05) is 11.6 Å². The molecule has 2 aromatic heterocycles. The number of pyridine rings is 1. The fraction of sp³-hybridized carbons (Fsp3) is 0.316. The molecule has 156 valence electrons. The minimum absolute atomic E-state index is 0. The van der Waals surface area contributed by atoms with Crippen molar-refractivity contribution in [3.63, 3.8) is 0 Å². The molecule has 1 unspecified atom stereocenters. The van der Waals surface area contributed by atoms with E-state index in [-0.39, 0.29) is 43.4 Å². The summed E-state index contributed by atoms with van der Waals surface area (Å²) in [6.45, 7) is 1.97. The van der Waals surface area contributed by atoms with Gasteiger partial charge in [-0.3, -0.25) is 9.78 Å². The topological polar surface area (TPSA) is 72.3 Å². The van der Waals surface area contributed by atoms with E-state index in [4.69, 9.17) is 16.3 Å². The number of nitrogens with zero attached hydrogens (tertiary/aromatic N) is 4. The van der Waals surface area contributed by atoms with Crippen LogP contribution in [0.5, 0.6) is 5.75 Å². The van der Waals surface area contributed by atoms with Crippen molar-refractivity contribution in [2.24, 2.45) is 7.05 Å². The number of aryl methyl sites for hydroxylation is 1. The molecule has 1 N–H and O–H groups in total. The molecule has 0 saturated carbocycles. The van der Waals surface area contributed by atoms with Crippen LogP contribution in [0.4, 0.5) is 0 Å². The first-order valence-corrected chi connectivity index (χ1v) is 9.16. The molecule has 3 heterocycles. The lowest BCUT2D eigenvalue weighted by Crippen LogP contribution is -2.50. The molecule has 0 radical (unpaired) electrons. The van der Waals surface area contributed by atoms with Gasteiger partial charge in [-0.05, 0) is 24.3 Å². The van der Waals surface area contributed by atoms with Crippen LogP contribution in [0.25, 0.3) is 10.9 Å². The lowest BCUT2D eigenvalue weighted by Gasteiger charge is -2.35. The molecule has 10 heteroatoms. The summed E-state index contributed by atoms with van der Waals surface area (Å²) in [5, 5.41) is 4.73. The standard InChI is InChI=1S/C19H20ClN5O2.2ClH/c1-24-9-8-23-19(24)15-11-21-7-10-25(15)17(26)12-27-16-5-4-14(20)13-3-2-6-22-18(13)16;;/h2-6,8-9,15,21H,7,10-12H2,1H3;2*1H. The molecule has 0 bridgehead atoms. The number of aromatic nitrogens is 3. The monoisotopic (exact) mass is 457 g/mol. The first-order valence-electron chi connectivity index (χ1n) is 8.78. The number of hydrogen-bond acceptors (Lipinski definition) is 5. The highest BCUT2D eigenvalue weighted by atomic mass is 35.5. The second-order valence-electron chi connectivity index (χ2n) is 6.44. The summed E-state index contributed by atoms with van der Waals surface area (Å²) >= 11 is 6.22. The zero-order valence-electron chi connectivity index (χ0n) is 15.7. The number of amides is 1. The van der Waals surface area contributed by atoms with Gasteiger partial charge in [-0.15, -0.1) is 24.8 Å². The number of halogens is 3. The van der Waals surface area contributed by atoms with Gasteiger partial charge in [0, 0.05) is 50.7 Å². The van der Waals surface area contributed by atoms with Crippen molar-refractivity contribution in [3.05, 3.63) is 53.7 Å². The summed E-state index contributed by atoms with van der Waals surface area (Å²) in [5.41, 5.74) is 0.652. The van der Waals surface area contributed by atoms with E-state index >= 15 is 0 Å². The third-order valence-corrected chi connectivity index (χ3v) is 5.08. The Morgan fingerprint density at radius 1 is 1.28 bits per heavy atom. The Balaban J connectivity index is 0.00000150. The zero-order chi connectivity index (χ0) is 18.8. The molecule has 1 atom stereocenters. The van der Waals surface area contributed by atoms with Gasteiger partial charge in [0.2, 0.25) is 0 Å². The largest absolute Gasteiger partial charge is 0.481 e. The summed E-state index contributed by atoms with van der Waals surface area (Å²) in [4.78, 5) is 23.5. The van der Waals surface area contributed by atoms with Gasteiger partial charge in [-0.25, -0.2) is 4.98 Å². The maximum Gasteiger partial charge on any atom is 0.261 e. The highest BCUT2D eigenvalue weighted by molar-refractivity contribution is 6.35. The molecule has 3 aromatic rings. The van der Waals surface area contributed by atoms with Crippen LogP contribution in [0.2, 0.25) is 5.02 Å². The fourth-order valence-electron chi connectivity index (χ4n) is 3.38. The molecule has 29 heavy (non-hydrogen) atoms. The van der Waals surface area contributed by atoms with Crippen LogP contribution in [0.3, 0.4) is 0 Å². The lowest BCUT2D eigenvalue weighted by atomic mass is 10.1. The summed E-state index contributed by atoms with van der Waals surface area (Å²) in [6.07, 6.45) is 5.31. The second kappa shape index (κ2) is 10.1. The number of fused-ring (bicyclic) bond motifs is 1. The minimum Gasteiger partial charge on any atom is -0.481 e. The number of piperazine rings is 1. The van der Waals surface area contributed by atoms with Crippen molar-refractivity contribution >= 4 is 53.2 Å². The minimum atomic E-state index is -0.116. The molecular weight excluding hydrogens is 437 g/mol. The maximum absolute atomic E-state index is 12.9. The van der Waals surface area contributed by atoms with Gasteiger partial charge in [0.1, 0.15) is 23.1 Å². The van der Waals surface area contributed by atoms with E-state index < -0.39 is 0 Å². The molecule has 1 aromatic carbocycles. The third-order valence-electron chi connectivity index (χ3n) is 4.75. The van der Waals surface area contributed by atoms with Crippen molar-refractivity contribution in [3.8, 4) is 5.75 Å². The Bertz CT molecular complexity index is 981. The van der Waals surface area contributed by atoms with Crippen LogP contribution >= 0.6 is 36.4 Å². The highest BCUT2D eigenvalue weighted by Crippen LogP contribution is 2.30. The van der Waals surface area contributed by atoms with Crippen LogP contribution in [0.15, 0.2) is 42.9 Å². The average molecular weight is 459 g/mol. The predicted molar refractivity (Wildman–Crippen MR) is 117 cm³/mol. The molecular formula is C19H22Cl3N5O2. The van der Waals surface area contributed by atoms with E-state index in [0.29, 0.717) is 29.4 Å². The Hall–Kier alpha value is -2.06. The van der Waals surface area contributed by atoms with Crippen LogP contribution in [-0.2, 0) is 11.8 Å². The molecule has 1 aliphatic heterocycles. The van der Waals surface area contributed by atoms with E-state index in [1.54, 1.807) is 24.5 Å². The van der Waals surface area contributed by atoms with Gasteiger partial charge in [0.25, 0.3) is 5.91 Å². The molecule has 1 aliphatic rings. The van der Waals surface area contributed by atoms with Crippen molar-refractivity contribution in [1.82, 2.24) is 24.8 Å². The number of ether oxygens (including phenoxy) is 1. The summed E-state index contributed by atoms with van der Waals surface area (Å²) < 4.78 is 7.77. The maximum atomic E-state index is 12.9. The number of imidazole rings is 1. The number of carbonyl (C=O) groups is 1. The quantitative estimate of drug-likeness (QED) is 0.651. The van der Waals surface area contributed by atoms with Crippen LogP contribution in [-0.4, -0.2) is 51.6 Å². The van der Waals surface area contributed by atoms with Gasteiger partial charge in [0.05, 0.1) is 5.02 Å². The first kappa shape index (κ1) is 23.2. The highest BCUT2D eigenvalue weighted by Gasteiger charge is 2.30. The van der Waals surface area contributed by atoms with Crippen molar-refractivity contribution in [2.75, 3.05) is 26.2 Å². The molecule has 1 fully saturated rings. The average Bonchev–Trinajstić information content (AvgIpc) is 3.13.